The summed E-state index contributed by atoms with van der Waals surface area (Å²) in [7, 11) is 0.0483. The molecule has 0 fully saturated rings. The predicted octanol–water partition coefficient (Wildman–Crippen LogP) is 3.05. The normalized spacial score (nSPS) is 17.0. The maximum Gasteiger partial charge on any atom is -1.00 e. The molecule has 1 unspecified atom stereocenters. The van der Waals surface area contributed by atoms with Crippen molar-refractivity contribution in [1.82, 2.24) is 0 Å². The Morgan fingerprint density at radius 3 is 2.23 bits per heavy atom. The Kier molecular flexibility index (Phi) is 14.5. The van der Waals surface area contributed by atoms with Crippen molar-refractivity contribution in [2.45, 2.75) is 82.7 Å². The van der Waals surface area contributed by atoms with Gasteiger partial charge < -0.3 is 24.8 Å². The van der Waals surface area contributed by atoms with E-state index in [9.17, 15) is 0 Å². The fourth-order valence-corrected chi connectivity index (χ4v) is 13.5. The smallest absolute Gasteiger partial charge is 1.00 e. The third-order valence-electron chi connectivity index (χ3n) is 6.39. The van der Waals surface area contributed by atoms with Gasteiger partial charge >= 0.3 is 193 Å². The van der Waals surface area contributed by atoms with E-state index in [1.807, 2.05) is 8.60 Å². The minimum Gasteiger partial charge on any atom is -1.00 e. The molecule has 0 bridgehead atoms. The van der Waals surface area contributed by atoms with Crippen LogP contribution in [0.1, 0.15) is 93.8 Å². The Bertz CT molecular complexity index is 773. The molecule has 1 aromatic rings. The van der Waals surface area contributed by atoms with Crippen LogP contribution >= 0.6 is 7.92 Å². The molecule has 0 N–H and O–H groups in total. The minimum absolute atomic E-state index is 0. The first-order valence-electron chi connectivity index (χ1n) is 11.9. The molecular formula is C27H39Cl2PZr. The number of hydrogen-bond donors (Lipinski definition) is 0. The molecule has 1 atom stereocenters. The van der Waals surface area contributed by atoms with E-state index in [1.165, 1.54) is 63.7 Å². The van der Waals surface area contributed by atoms with Crippen molar-refractivity contribution in [3.63, 3.8) is 0 Å². The average Bonchev–Trinajstić information content (AvgIpc) is 3.27. The fourth-order valence-electron chi connectivity index (χ4n) is 4.56. The van der Waals surface area contributed by atoms with Crippen LogP contribution in [0.5, 0.6) is 0 Å². The maximum absolute atomic E-state index is 2.65. The summed E-state index contributed by atoms with van der Waals surface area (Å²) >= 11 is -0.665. The molecule has 0 nitrogen and oxygen atoms in total. The third kappa shape index (κ3) is 7.67. The maximum atomic E-state index is 2.65. The summed E-state index contributed by atoms with van der Waals surface area (Å²) in [5, 5.41) is 1.89. The molecule has 0 saturated heterocycles. The summed E-state index contributed by atoms with van der Waals surface area (Å²) in [4.78, 5) is 0. The zero-order valence-electron chi connectivity index (χ0n) is 19.8. The van der Waals surface area contributed by atoms with Gasteiger partial charge in [0, 0.05) is 0 Å². The van der Waals surface area contributed by atoms with Crippen molar-refractivity contribution < 1.29 is 48.0 Å². The molecule has 31 heavy (non-hydrogen) atoms. The molecule has 170 valence electrons. The van der Waals surface area contributed by atoms with Crippen LogP contribution in [0.15, 0.2) is 50.1 Å². The molecule has 0 amide bonds. The molecule has 0 spiro atoms. The summed E-state index contributed by atoms with van der Waals surface area (Å²) in [6, 6.07) is 9.37. The summed E-state index contributed by atoms with van der Waals surface area (Å²) in [5.74, 6) is 0. The van der Waals surface area contributed by atoms with Gasteiger partial charge in [0.05, 0.1) is 0 Å². The quantitative estimate of drug-likeness (QED) is 0.348. The molecule has 2 aliphatic rings. The van der Waals surface area contributed by atoms with Crippen molar-refractivity contribution in [3.8, 4) is 0 Å². The summed E-state index contributed by atoms with van der Waals surface area (Å²) in [5.41, 5.74) is 6.60. The average molecular weight is 557 g/mol. The van der Waals surface area contributed by atoms with Crippen molar-refractivity contribution in [1.29, 1.82) is 0 Å². The molecule has 0 saturated carbocycles. The van der Waals surface area contributed by atoms with Crippen LogP contribution in [-0.4, -0.2) is 12.3 Å². The number of benzene rings is 1. The first kappa shape index (κ1) is 29.4. The zero-order chi connectivity index (χ0) is 20.6. The fraction of sp³-hybridized carbons (Fsp3) is 0.556. The Balaban J connectivity index is 0.00000240. The summed E-state index contributed by atoms with van der Waals surface area (Å²) in [6.07, 6.45) is 18.9. The monoisotopic (exact) mass is 554 g/mol. The van der Waals surface area contributed by atoms with Gasteiger partial charge in [-0.3, -0.25) is 0 Å². The van der Waals surface area contributed by atoms with Crippen LogP contribution in [-0.2, 0) is 23.2 Å². The second-order valence-corrected chi connectivity index (χ2v) is 14.7. The third-order valence-corrected chi connectivity index (χ3v) is 14.2. The topological polar surface area (TPSA) is 0 Å². The van der Waals surface area contributed by atoms with Crippen molar-refractivity contribution >= 4 is 14.0 Å². The second-order valence-electron chi connectivity index (χ2n) is 8.62. The Labute approximate surface area is 217 Å². The number of unbranched alkanes of at least 4 members (excludes halogenated alkanes) is 3. The van der Waals surface area contributed by atoms with Gasteiger partial charge in [0.1, 0.15) is 0 Å². The van der Waals surface area contributed by atoms with E-state index in [4.69, 9.17) is 0 Å². The number of rotatable bonds is 12. The van der Waals surface area contributed by atoms with Crippen molar-refractivity contribution in [2.24, 2.45) is 0 Å². The molecule has 0 heterocycles. The second kappa shape index (κ2) is 15.3. The van der Waals surface area contributed by atoms with Crippen LogP contribution in [0, 0.1) is 0 Å². The molecule has 0 aliphatic heterocycles. The van der Waals surface area contributed by atoms with Gasteiger partial charge in [-0.15, -0.1) is 0 Å². The number of allylic oxidation sites excluding steroid dienone is 5. The molecule has 0 radical (unpaired) electrons. The van der Waals surface area contributed by atoms with E-state index in [-0.39, 0.29) is 32.7 Å². The van der Waals surface area contributed by atoms with E-state index in [0.29, 0.717) is 0 Å². The first-order chi connectivity index (χ1) is 14.2. The SMILES string of the molecule is CCCCC1=[C]([Zr+2][CH]2C(P(CCCC)CCCC)=Cc3ccccc32)CC=C1C.[Cl-].[Cl-]. The minimum atomic E-state index is -0.665. The molecular weight excluding hydrogens is 517 g/mol. The standard InChI is InChI=1S/C17H24P.C10H15.2ClH.Zr/c1-3-5-11-18(12-6-4-2)17-13-15-9-7-8-10-16(15)14-17;1-3-4-7-10-8-5-6-9(10)2;;;/h7-10,13-14H,3-6,11-12H2,1-2H3;6H,3-5,7H2,1-2H3;2*1H;/q;;;;+2/p-2. The van der Waals surface area contributed by atoms with Crippen LogP contribution < -0.4 is 24.8 Å². The van der Waals surface area contributed by atoms with Crippen LogP contribution in [0.25, 0.3) is 6.08 Å². The van der Waals surface area contributed by atoms with E-state index in [0.717, 1.165) is 3.63 Å². The number of fused-ring (bicyclic) bond motifs is 1. The van der Waals surface area contributed by atoms with Gasteiger partial charge in [-0.1, -0.05) is 0 Å². The molecule has 4 heteroatoms. The molecule has 0 aromatic heterocycles. The zero-order valence-corrected chi connectivity index (χ0v) is 24.7. The Hall–Kier alpha value is 0.333. The van der Waals surface area contributed by atoms with Gasteiger partial charge in [-0.25, -0.2) is 0 Å². The first-order valence-corrected chi connectivity index (χ1v) is 16.3. The number of hydrogen-bond acceptors (Lipinski definition) is 0. The summed E-state index contributed by atoms with van der Waals surface area (Å²) in [6.45, 7) is 9.41. The van der Waals surface area contributed by atoms with Gasteiger partial charge in [0.15, 0.2) is 0 Å². The van der Waals surface area contributed by atoms with Crippen LogP contribution in [0.3, 0.4) is 0 Å². The van der Waals surface area contributed by atoms with Crippen LogP contribution in [0.2, 0.25) is 0 Å². The van der Waals surface area contributed by atoms with Crippen molar-refractivity contribution in [3.05, 3.63) is 61.2 Å². The molecule has 1 aromatic carbocycles. The Morgan fingerprint density at radius 2 is 1.58 bits per heavy atom. The van der Waals surface area contributed by atoms with Gasteiger partial charge in [0.2, 0.25) is 0 Å². The van der Waals surface area contributed by atoms with E-state index in [2.05, 4.69) is 64.1 Å². The predicted molar refractivity (Wildman–Crippen MR) is 129 cm³/mol. The van der Waals surface area contributed by atoms with Gasteiger partial charge in [-0.05, 0) is 0 Å². The molecule has 3 rings (SSSR count). The Morgan fingerprint density at radius 1 is 0.935 bits per heavy atom. The largest absolute Gasteiger partial charge is 1.00 e. The van der Waals surface area contributed by atoms with Gasteiger partial charge in [0.25, 0.3) is 0 Å². The van der Waals surface area contributed by atoms with E-state index < -0.39 is 23.2 Å². The van der Waals surface area contributed by atoms with Gasteiger partial charge in [-0.2, -0.15) is 0 Å². The van der Waals surface area contributed by atoms with Crippen molar-refractivity contribution in [2.75, 3.05) is 12.3 Å². The van der Waals surface area contributed by atoms with E-state index in [1.54, 1.807) is 22.3 Å². The number of halogens is 2. The molecule has 2 aliphatic carbocycles. The summed E-state index contributed by atoms with van der Waals surface area (Å²) < 4.78 is 2.72. The van der Waals surface area contributed by atoms with Crippen LogP contribution in [0.4, 0.5) is 0 Å². The van der Waals surface area contributed by atoms with E-state index >= 15 is 0 Å².